The van der Waals surface area contributed by atoms with Gasteiger partial charge in [0.05, 0.1) is 0 Å². The molecule has 1 rings (SSSR count). The number of ether oxygens (including phenoxy) is 1. The molecule has 0 radical (unpaired) electrons. The molecule has 0 aliphatic heterocycles. The fourth-order valence-electron chi connectivity index (χ4n) is 1.46. The van der Waals surface area contributed by atoms with E-state index < -0.39 is 0 Å². The number of likely N-dealkylation sites (N-methyl/N-ethyl adjacent to an activating group) is 1. The van der Waals surface area contributed by atoms with Crippen LogP contribution in [0.2, 0.25) is 0 Å². The van der Waals surface area contributed by atoms with Crippen LogP contribution in [0.4, 0.5) is 5.82 Å². The molecular formula is C13H23N5O2. The highest BCUT2D eigenvalue weighted by atomic mass is 16.5. The molecule has 112 valence electrons. The van der Waals surface area contributed by atoms with E-state index in [1.165, 1.54) is 0 Å². The molecule has 1 aromatic rings. The second kappa shape index (κ2) is 9.22. The number of anilines is 1. The molecule has 0 saturated heterocycles. The third-order valence-electron chi connectivity index (χ3n) is 2.57. The number of nitrogens with zero attached hydrogens (tertiary/aromatic N) is 3. The van der Waals surface area contributed by atoms with Crippen LogP contribution in [0, 0.1) is 0 Å². The Morgan fingerprint density at radius 1 is 1.30 bits per heavy atom. The highest BCUT2D eigenvalue weighted by Gasteiger charge is 2.07. The van der Waals surface area contributed by atoms with Crippen molar-refractivity contribution >= 4 is 11.7 Å². The van der Waals surface area contributed by atoms with Crippen LogP contribution in [-0.4, -0.2) is 68.5 Å². The van der Waals surface area contributed by atoms with Gasteiger partial charge in [0.25, 0.3) is 5.91 Å². The molecule has 1 amide bonds. The minimum atomic E-state index is -0.214. The van der Waals surface area contributed by atoms with Crippen LogP contribution < -0.4 is 10.6 Å². The lowest BCUT2D eigenvalue weighted by atomic mass is 10.3. The molecule has 1 aromatic heterocycles. The van der Waals surface area contributed by atoms with Crippen molar-refractivity contribution in [2.45, 2.75) is 6.42 Å². The Morgan fingerprint density at radius 2 is 2.10 bits per heavy atom. The van der Waals surface area contributed by atoms with Crippen molar-refractivity contribution in [3.8, 4) is 0 Å². The van der Waals surface area contributed by atoms with E-state index in [0.717, 1.165) is 19.5 Å². The quantitative estimate of drug-likeness (QED) is 0.630. The summed E-state index contributed by atoms with van der Waals surface area (Å²) in [6, 6.07) is 3.42. The van der Waals surface area contributed by atoms with Crippen molar-refractivity contribution in [3.63, 3.8) is 0 Å². The lowest BCUT2D eigenvalue weighted by Gasteiger charge is -2.10. The molecule has 20 heavy (non-hydrogen) atoms. The van der Waals surface area contributed by atoms with Crippen LogP contribution in [0.3, 0.4) is 0 Å². The van der Waals surface area contributed by atoms with E-state index >= 15 is 0 Å². The van der Waals surface area contributed by atoms with Gasteiger partial charge in [-0.15, -0.1) is 10.2 Å². The van der Waals surface area contributed by atoms with Gasteiger partial charge in [0.15, 0.2) is 5.69 Å². The van der Waals surface area contributed by atoms with Crippen LogP contribution in [0.5, 0.6) is 0 Å². The zero-order valence-electron chi connectivity index (χ0n) is 12.3. The summed E-state index contributed by atoms with van der Waals surface area (Å²) in [7, 11) is 5.64. The van der Waals surface area contributed by atoms with Gasteiger partial charge in [0.2, 0.25) is 0 Å². The fraction of sp³-hybridized carbons (Fsp3) is 0.615. The third kappa shape index (κ3) is 6.44. The summed E-state index contributed by atoms with van der Waals surface area (Å²) in [6.45, 7) is 2.88. The number of hydrogen-bond acceptors (Lipinski definition) is 6. The molecule has 0 aromatic carbocycles. The van der Waals surface area contributed by atoms with E-state index in [-0.39, 0.29) is 5.91 Å². The number of carbonyl (C=O) groups excluding carboxylic acids is 1. The minimum absolute atomic E-state index is 0.214. The Labute approximate surface area is 119 Å². The van der Waals surface area contributed by atoms with Gasteiger partial charge in [-0.05, 0) is 32.6 Å². The molecule has 0 bridgehead atoms. The van der Waals surface area contributed by atoms with E-state index in [1.54, 1.807) is 19.2 Å². The summed E-state index contributed by atoms with van der Waals surface area (Å²) in [5.41, 5.74) is 0.320. The molecule has 7 heteroatoms. The summed E-state index contributed by atoms with van der Waals surface area (Å²) < 4.78 is 4.91. The minimum Gasteiger partial charge on any atom is -0.385 e. The van der Waals surface area contributed by atoms with Gasteiger partial charge in [0, 0.05) is 33.4 Å². The zero-order valence-corrected chi connectivity index (χ0v) is 12.3. The normalized spacial score (nSPS) is 10.6. The molecule has 0 fully saturated rings. The van der Waals surface area contributed by atoms with Crippen molar-refractivity contribution < 1.29 is 9.53 Å². The number of hydrogen-bond donors (Lipinski definition) is 2. The summed E-state index contributed by atoms with van der Waals surface area (Å²) in [4.78, 5) is 13.8. The van der Waals surface area contributed by atoms with Crippen LogP contribution in [0.15, 0.2) is 12.1 Å². The Kier molecular flexibility index (Phi) is 7.52. The number of aromatic nitrogens is 2. The molecule has 0 unspecified atom stereocenters. The highest BCUT2D eigenvalue weighted by Crippen LogP contribution is 2.01. The van der Waals surface area contributed by atoms with Gasteiger partial charge in [-0.1, -0.05) is 0 Å². The van der Waals surface area contributed by atoms with Gasteiger partial charge in [0.1, 0.15) is 5.82 Å². The van der Waals surface area contributed by atoms with Crippen molar-refractivity contribution in [1.82, 2.24) is 20.4 Å². The Morgan fingerprint density at radius 3 is 2.70 bits per heavy atom. The maximum Gasteiger partial charge on any atom is 0.271 e. The van der Waals surface area contributed by atoms with E-state index in [2.05, 4.69) is 25.7 Å². The monoisotopic (exact) mass is 281 g/mol. The average Bonchev–Trinajstić information content (AvgIpc) is 2.44. The van der Waals surface area contributed by atoms with Crippen molar-refractivity contribution in [2.24, 2.45) is 0 Å². The number of methoxy groups -OCH3 is 1. The zero-order chi connectivity index (χ0) is 14.8. The summed E-state index contributed by atoms with van der Waals surface area (Å²) in [6.07, 6.45) is 0.778. The Bertz CT molecular complexity index is 394. The van der Waals surface area contributed by atoms with Gasteiger partial charge < -0.3 is 20.3 Å². The number of nitrogens with one attached hydrogen (secondary N) is 2. The molecule has 7 nitrogen and oxygen atoms in total. The maximum absolute atomic E-state index is 11.7. The molecular weight excluding hydrogens is 258 g/mol. The van der Waals surface area contributed by atoms with Gasteiger partial charge in [-0.3, -0.25) is 4.79 Å². The first-order valence-electron chi connectivity index (χ1n) is 6.63. The first-order valence-corrected chi connectivity index (χ1v) is 6.63. The van der Waals surface area contributed by atoms with E-state index in [9.17, 15) is 4.79 Å². The first kappa shape index (κ1) is 16.3. The lowest BCUT2D eigenvalue weighted by Crippen LogP contribution is -2.26. The van der Waals surface area contributed by atoms with Gasteiger partial charge >= 0.3 is 0 Å². The Hall–Kier alpha value is -1.73. The maximum atomic E-state index is 11.7. The largest absolute Gasteiger partial charge is 0.385 e. The van der Waals surface area contributed by atoms with Gasteiger partial charge in [-0.25, -0.2) is 0 Å². The first-order chi connectivity index (χ1) is 9.63. The van der Waals surface area contributed by atoms with Gasteiger partial charge in [-0.2, -0.15) is 0 Å². The molecule has 1 heterocycles. The Balaban J connectivity index is 2.35. The molecule has 0 aliphatic carbocycles. The van der Waals surface area contributed by atoms with Crippen molar-refractivity contribution in [1.29, 1.82) is 0 Å². The fourth-order valence-corrected chi connectivity index (χ4v) is 1.46. The highest BCUT2D eigenvalue weighted by molar-refractivity contribution is 5.92. The van der Waals surface area contributed by atoms with Crippen LogP contribution in [0.25, 0.3) is 0 Å². The van der Waals surface area contributed by atoms with Crippen LogP contribution in [0.1, 0.15) is 16.9 Å². The SMILES string of the molecule is COCCCNC(=O)c1ccc(NCCN(C)C)nn1. The smallest absolute Gasteiger partial charge is 0.271 e. The molecule has 0 atom stereocenters. The topological polar surface area (TPSA) is 79.4 Å². The summed E-state index contributed by atoms with van der Waals surface area (Å²) in [5.74, 6) is 0.455. The number of carbonyl (C=O) groups is 1. The van der Waals surface area contributed by atoms with Crippen LogP contribution >= 0.6 is 0 Å². The third-order valence-corrected chi connectivity index (χ3v) is 2.57. The van der Waals surface area contributed by atoms with E-state index in [0.29, 0.717) is 24.7 Å². The van der Waals surface area contributed by atoms with Crippen molar-refractivity contribution in [3.05, 3.63) is 17.8 Å². The average molecular weight is 281 g/mol. The lowest BCUT2D eigenvalue weighted by molar-refractivity contribution is 0.0942. The molecule has 0 saturated carbocycles. The predicted molar refractivity (Wildman–Crippen MR) is 77.9 cm³/mol. The molecule has 0 aliphatic rings. The van der Waals surface area contributed by atoms with Crippen LogP contribution in [-0.2, 0) is 4.74 Å². The molecule has 0 spiro atoms. The summed E-state index contributed by atoms with van der Waals surface area (Å²) in [5, 5.41) is 13.8. The van der Waals surface area contributed by atoms with Crippen molar-refractivity contribution in [2.75, 3.05) is 52.8 Å². The van der Waals surface area contributed by atoms with E-state index in [1.807, 2.05) is 14.1 Å². The predicted octanol–water partition coefficient (Wildman–Crippen LogP) is 0.216. The summed E-state index contributed by atoms with van der Waals surface area (Å²) >= 11 is 0. The van der Waals surface area contributed by atoms with E-state index in [4.69, 9.17) is 4.74 Å². The second-order valence-electron chi connectivity index (χ2n) is 4.64. The standard InChI is InChI=1S/C13H23N5O2/c1-18(2)9-8-14-12-6-5-11(16-17-12)13(19)15-7-4-10-20-3/h5-6H,4,7-10H2,1-3H3,(H,14,17)(H,15,19). The number of rotatable bonds is 9. The number of amides is 1. The molecule has 2 N–H and O–H groups in total. The second-order valence-corrected chi connectivity index (χ2v) is 4.64.